The van der Waals surface area contributed by atoms with Gasteiger partial charge in [-0.3, -0.25) is 9.48 Å². The van der Waals surface area contributed by atoms with Gasteiger partial charge in [-0.15, -0.1) is 0 Å². The maximum absolute atomic E-state index is 12.0. The third-order valence-electron chi connectivity index (χ3n) is 3.52. The first-order chi connectivity index (χ1) is 11.0. The molecule has 0 amide bonds. The van der Waals surface area contributed by atoms with Crippen LogP contribution in [0.3, 0.4) is 0 Å². The Bertz CT molecular complexity index is 717. The maximum atomic E-state index is 12.0. The van der Waals surface area contributed by atoms with Gasteiger partial charge in [-0.1, -0.05) is 12.1 Å². The van der Waals surface area contributed by atoms with Crippen LogP contribution in [0.5, 0.6) is 5.75 Å². The van der Waals surface area contributed by atoms with E-state index < -0.39 is 5.97 Å². The Morgan fingerprint density at radius 3 is 2.39 bits per heavy atom. The molecule has 0 fully saturated rings. The fourth-order valence-corrected chi connectivity index (χ4v) is 2.37. The van der Waals surface area contributed by atoms with Crippen molar-refractivity contribution in [1.29, 1.82) is 0 Å². The first kappa shape index (κ1) is 16.7. The Hall–Kier alpha value is -2.63. The molecular formula is C17H20N2O4. The number of Topliss-reactive ketones (excluding diaryl/α,β-unsaturated/α-hetero) is 1. The zero-order valence-corrected chi connectivity index (χ0v) is 13.8. The third-order valence-corrected chi connectivity index (χ3v) is 3.52. The molecule has 2 aromatic rings. The first-order valence-electron chi connectivity index (χ1n) is 7.36. The van der Waals surface area contributed by atoms with Crippen LogP contribution in [0.4, 0.5) is 0 Å². The largest absolute Gasteiger partial charge is 0.497 e. The second-order valence-corrected chi connectivity index (χ2v) is 5.09. The standard InChI is InChI=1S/C17H20N2O4/c1-5-23-17(21)16-15(12(3)20)11(2)19(18-16)10-13-6-8-14(22-4)9-7-13/h6-9H,5,10H2,1-4H3. The molecule has 0 aliphatic carbocycles. The van der Waals surface area contributed by atoms with Crippen molar-refractivity contribution in [2.45, 2.75) is 27.3 Å². The highest BCUT2D eigenvalue weighted by Gasteiger charge is 2.24. The van der Waals surface area contributed by atoms with Crippen molar-refractivity contribution >= 4 is 11.8 Å². The topological polar surface area (TPSA) is 70.4 Å². The molecule has 2 rings (SSSR count). The Kier molecular flexibility index (Phi) is 5.16. The number of hydrogen-bond donors (Lipinski definition) is 0. The Morgan fingerprint density at radius 1 is 1.22 bits per heavy atom. The molecule has 23 heavy (non-hydrogen) atoms. The number of aromatic nitrogens is 2. The summed E-state index contributed by atoms with van der Waals surface area (Å²) in [5.41, 5.74) is 2.03. The van der Waals surface area contributed by atoms with Crippen molar-refractivity contribution in [3.63, 3.8) is 0 Å². The Balaban J connectivity index is 2.36. The normalized spacial score (nSPS) is 10.4. The summed E-state index contributed by atoms with van der Waals surface area (Å²) in [5, 5.41) is 4.28. The van der Waals surface area contributed by atoms with Crippen molar-refractivity contribution < 1.29 is 19.1 Å². The minimum absolute atomic E-state index is 0.0744. The molecule has 1 aromatic carbocycles. The average Bonchev–Trinajstić information content (AvgIpc) is 2.85. The van der Waals surface area contributed by atoms with Crippen LogP contribution in [0.2, 0.25) is 0 Å². The fourth-order valence-electron chi connectivity index (χ4n) is 2.37. The van der Waals surface area contributed by atoms with Gasteiger partial charge >= 0.3 is 5.97 Å². The molecule has 0 bridgehead atoms. The number of ether oxygens (including phenoxy) is 2. The van der Waals surface area contributed by atoms with Gasteiger partial charge in [0.2, 0.25) is 0 Å². The minimum atomic E-state index is -0.575. The summed E-state index contributed by atoms with van der Waals surface area (Å²) in [6.07, 6.45) is 0. The number of carbonyl (C=O) groups is 2. The van der Waals surface area contributed by atoms with E-state index in [4.69, 9.17) is 9.47 Å². The first-order valence-corrected chi connectivity index (χ1v) is 7.36. The van der Waals surface area contributed by atoms with Crippen LogP contribution in [0, 0.1) is 6.92 Å². The number of carbonyl (C=O) groups excluding carboxylic acids is 2. The second-order valence-electron chi connectivity index (χ2n) is 5.09. The summed E-state index contributed by atoms with van der Waals surface area (Å²) in [6.45, 7) is 5.60. The van der Waals surface area contributed by atoms with E-state index in [9.17, 15) is 9.59 Å². The Morgan fingerprint density at radius 2 is 1.87 bits per heavy atom. The molecule has 0 radical (unpaired) electrons. The molecule has 0 unspecified atom stereocenters. The van der Waals surface area contributed by atoms with Gasteiger partial charge in [0.25, 0.3) is 0 Å². The van der Waals surface area contributed by atoms with Crippen molar-refractivity contribution in [1.82, 2.24) is 9.78 Å². The van der Waals surface area contributed by atoms with Gasteiger partial charge in [0.1, 0.15) is 5.75 Å². The minimum Gasteiger partial charge on any atom is -0.497 e. The molecule has 1 aromatic heterocycles. The van der Waals surface area contributed by atoms with Crippen molar-refractivity contribution in [2.75, 3.05) is 13.7 Å². The number of nitrogens with zero attached hydrogens (tertiary/aromatic N) is 2. The lowest BCUT2D eigenvalue weighted by Gasteiger charge is -2.06. The van der Waals surface area contributed by atoms with E-state index in [0.717, 1.165) is 11.3 Å². The van der Waals surface area contributed by atoms with Crippen LogP contribution in [0.15, 0.2) is 24.3 Å². The third kappa shape index (κ3) is 3.59. The van der Waals surface area contributed by atoms with Gasteiger partial charge in [-0.05, 0) is 38.5 Å². The number of benzene rings is 1. The van der Waals surface area contributed by atoms with Crippen molar-refractivity contribution in [3.8, 4) is 5.75 Å². The van der Waals surface area contributed by atoms with Crippen LogP contribution < -0.4 is 4.74 Å². The van der Waals surface area contributed by atoms with E-state index >= 15 is 0 Å². The molecular weight excluding hydrogens is 296 g/mol. The SMILES string of the molecule is CCOC(=O)c1nn(Cc2ccc(OC)cc2)c(C)c1C(C)=O. The monoisotopic (exact) mass is 316 g/mol. The molecule has 6 heteroatoms. The van der Waals surface area contributed by atoms with Crippen LogP contribution in [-0.2, 0) is 11.3 Å². The highest BCUT2D eigenvalue weighted by Crippen LogP contribution is 2.18. The van der Waals surface area contributed by atoms with Gasteiger partial charge in [-0.25, -0.2) is 4.79 Å². The zero-order chi connectivity index (χ0) is 17.0. The van der Waals surface area contributed by atoms with Crippen LogP contribution >= 0.6 is 0 Å². The van der Waals surface area contributed by atoms with E-state index in [2.05, 4.69) is 5.10 Å². The van der Waals surface area contributed by atoms with Gasteiger partial charge < -0.3 is 9.47 Å². The van der Waals surface area contributed by atoms with Gasteiger partial charge in [-0.2, -0.15) is 5.10 Å². The molecule has 122 valence electrons. The molecule has 6 nitrogen and oxygen atoms in total. The molecule has 0 saturated carbocycles. The van der Waals surface area contributed by atoms with E-state index in [-0.39, 0.29) is 18.1 Å². The molecule has 1 heterocycles. The van der Waals surface area contributed by atoms with Crippen LogP contribution in [0.1, 0.15) is 46.0 Å². The summed E-state index contributed by atoms with van der Waals surface area (Å²) in [7, 11) is 1.61. The predicted molar refractivity (Wildman–Crippen MR) is 85.0 cm³/mol. The number of hydrogen-bond acceptors (Lipinski definition) is 5. The quantitative estimate of drug-likeness (QED) is 0.605. The summed E-state index contributed by atoms with van der Waals surface area (Å²) in [5.74, 6) is -0.0108. The van der Waals surface area contributed by atoms with Crippen LogP contribution in [0.25, 0.3) is 0 Å². The summed E-state index contributed by atoms with van der Waals surface area (Å²) < 4.78 is 11.8. The maximum Gasteiger partial charge on any atom is 0.359 e. The van der Waals surface area contributed by atoms with E-state index in [0.29, 0.717) is 17.8 Å². The van der Waals surface area contributed by atoms with Gasteiger partial charge in [0.05, 0.1) is 25.8 Å². The number of rotatable bonds is 6. The zero-order valence-electron chi connectivity index (χ0n) is 13.8. The van der Waals surface area contributed by atoms with Crippen LogP contribution in [-0.4, -0.2) is 35.2 Å². The molecule has 0 saturated heterocycles. The number of esters is 1. The lowest BCUT2D eigenvalue weighted by atomic mass is 10.1. The fraction of sp³-hybridized carbons (Fsp3) is 0.353. The highest BCUT2D eigenvalue weighted by atomic mass is 16.5. The van der Waals surface area contributed by atoms with Crippen molar-refractivity contribution in [3.05, 3.63) is 46.8 Å². The van der Waals surface area contributed by atoms with E-state index in [1.807, 2.05) is 24.3 Å². The molecule has 0 aliphatic rings. The van der Waals surface area contributed by atoms with Crippen molar-refractivity contribution in [2.24, 2.45) is 0 Å². The summed E-state index contributed by atoms with van der Waals surface area (Å²) in [4.78, 5) is 23.9. The molecule has 0 atom stereocenters. The highest BCUT2D eigenvalue weighted by molar-refractivity contribution is 6.05. The summed E-state index contributed by atoms with van der Waals surface area (Å²) in [6, 6.07) is 7.54. The lowest BCUT2D eigenvalue weighted by Crippen LogP contribution is -2.10. The second kappa shape index (κ2) is 7.09. The number of ketones is 1. The average molecular weight is 316 g/mol. The molecule has 0 spiro atoms. The molecule has 0 N–H and O–H groups in total. The molecule has 0 aliphatic heterocycles. The van der Waals surface area contributed by atoms with Gasteiger partial charge in [0.15, 0.2) is 11.5 Å². The van der Waals surface area contributed by atoms with E-state index in [1.165, 1.54) is 6.92 Å². The predicted octanol–water partition coefficient (Wildman–Crippen LogP) is 2.63. The lowest BCUT2D eigenvalue weighted by molar-refractivity contribution is 0.0515. The van der Waals surface area contributed by atoms with Gasteiger partial charge in [0, 0.05) is 5.69 Å². The summed E-state index contributed by atoms with van der Waals surface area (Å²) >= 11 is 0. The number of methoxy groups -OCH3 is 1. The Labute approximate surface area is 135 Å². The van der Waals surface area contributed by atoms with E-state index in [1.54, 1.807) is 25.6 Å². The smallest absolute Gasteiger partial charge is 0.359 e.